The summed E-state index contributed by atoms with van der Waals surface area (Å²) in [5.74, 6) is 0.343. The highest BCUT2D eigenvalue weighted by Gasteiger charge is 2.18. The summed E-state index contributed by atoms with van der Waals surface area (Å²) < 4.78 is 13.0. The monoisotopic (exact) mass is 455 g/mol. The van der Waals surface area contributed by atoms with Gasteiger partial charge in [-0.15, -0.1) is 24.0 Å². The second-order valence-corrected chi connectivity index (χ2v) is 5.90. The minimum atomic E-state index is -0.210. The van der Waals surface area contributed by atoms with E-state index < -0.39 is 0 Å². The van der Waals surface area contributed by atoms with E-state index in [1.165, 1.54) is 12.1 Å². The molecule has 0 spiro atoms. The van der Waals surface area contributed by atoms with Gasteiger partial charge in [0.2, 0.25) is 0 Å². The van der Waals surface area contributed by atoms with E-state index in [0.717, 1.165) is 43.3 Å². The Kier molecular flexibility index (Phi) is 6.98. The van der Waals surface area contributed by atoms with Crippen LogP contribution in [0.1, 0.15) is 11.4 Å². The number of halogens is 2. The molecule has 5 nitrogen and oxygen atoms in total. The fourth-order valence-corrected chi connectivity index (χ4v) is 2.80. The number of nitrogens with two attached hydrogens (primary N) is 1. The molecule has 1 aromatic carbocycles. The number of pyridine rings is 1. The summed E-state index contributed by atoms with van der Waals surface area (Å²) in [5, 5.41) is 0. The largest absolute Gasteiger partial charge is 0.370 e. The van der Waals surface area contributed by atoms with Crippen LogP contribution in [-0.2, 0) is 6.54 Å². The van der Waals surface area contributed by atoms with Crippen molar-refractivity contribution in [1.82, 2.24) is 9.88 Å². The topological polar surface area (TPSA) is 57.8 Å². The first-order valence-corrected chi connectivity index (χ1v) is 8.10. The van der Waals surface area contributed by atoms with Gasteiger partial charge in [0.25, 0.3) is 0 Å². The number of anilines is 1. The van der Waals surface area contributed by atoms with Crippen LogP contribution in [-0.4, -0.2) is 42.0 Å². The van der Waals surface area contributed by atoms with E-state index in [4.69, 9.17) is 5.73 Å². The first kappa shape index (κ1) is 19.4. The van der Waals surface area contributed by atoms with Crippen LogP contribution in [0.15, 0.2) is 47.5 Å². The minimum absolute atomic E-state index is 0. The van der Waals surface area contributed by atoms with E-state index >= 15 is 0 Å². The molecule has 0 unspecified atom stereocenters. The number of aliphatic imine (C=N–C) groups is 1. The van der Waals surface area contributed by atoms with Gasteiger partial charge in [0.05, 0.1) is 12.2 Å². The van der Waals surface area contributed by atoms with E-state index in [9.17, 15) is 4.39 Å². The van der Waals surface area contributed by atoms with Gasteiger partial charge in [-0.2, -0.15) is 0 Å². The summed E-state index contributed by atoms with van der Waals surface area (Å²) in [5.41, 5.74) is 9.06. The second-order valence-electron chi connectivity index (χ2n) is 5.90. The molecule has 0 amide bonds. The Morgan fingerprint density at radius 2 is 1.80 bits per heavy atom. The molecule has 25 heavy (non-hydrogen) atoms. The molecule has 0 atom stereocenters. The summed E-state index contributed by atoms with van der Waals surface area (Å²) in [6.07, 6.45) is 0. The Balaban J connectivity index is 0.00000225. The van der Waals surface area contributed by atoms with Crippen LogP contribution >= 0.6 is 24.0 Å². The van der Waals surface area contributed by atoms with Crippen molar-refractivity contribution in [2.45, 2.75) is 13.5 Å². The molecule has 2 heterocycles. The van der Waals surface area contributed by atoms with Gasteiger partial charge in [-0.1, -0.05) is 6.07 Å². The first-order valence-electron chi connectivity index (χ1n) is 8.10. The first-order chi connectivity index (χ1) is 11.6. The molecule has 0 bridgehead atoms. The van der Waals surface area contributed by atoms with Crippen molar-refractivity contribution in [2.24, 2.45) is 10.7 Å². The van der Waals surface area contributed by atoms with Crippen molar-refractivity contribution in [3.63, 3.8) is 0 Å². The second kappa shape index (κ2) is 8.98. The van der Waals surface area contributed by atoms with Crippen LogP contribution < -0.4 is 10.6 Å². The fourth-order valence-electron chi connectivity index (χ4n) is 2.80. The highest BCUT2D eigenvalue weighted by molar-refractivity contribution is 14.0. The maximum absolute atomic E-state index is 13.0. The Labute approximate surface area is 164 Å². The van der Waals surface area contributed by atoms with E-state index in [2.05, 4.69) is 19.8 Å². The summed E-state index contributed by atoms with van der Waals surface area (Å²) in [6, 6.07) is 12.5. The van der Waals surface area contributed by atoms with Crippen LogP contribution in [0.5, 0.6) is 0 Å². The number of piperazine rings is 1. The van der Waals surface area contributed by atoms with Crippen LogP contribution in [0.4, 0.5) is 10.1 Å². The Hall–Kier alpha value is -1.90. The van der Waals surface area contributed by atoms with Crippen LogP contribution in [0.3, 0.4) is 0 Å². The lowest BCUT2D eigenvalue weighted by Gasteiger charge is -2.36. The number of hydrogen-bond donors (Lipinski definition) is 1. The molecule has 7 heteroatoms. The molecule has 2 aromatic rings. The van der Waals surface area contributed by atoms with Gasteiger partial charge in [-0.25, -0.2) is 9.38 Å². The normalized spacial score (nSPS) is 15.0. The van der Waals surface area contributed by atoms with Gasteiger partial charge in [0.15, 0.2) is 5.96 Å². The van der Waals surface area contributed by atoms with Crippen molar-refractivity contribution < 1.29 is 4.39 Å². The number of aryl methyl sites for hydroxylation is 1. The van der Waals surface area contributed by atoms with Gasteiger partial charge < -0.3 is 15.5 Å². The third-order valence-electron chi connectivity index (χ3n) is 4.14. The number of benzene rings is 1. The van der Waals surface area contributed by atoms with Gasteiger partial charge in [-0.05, 0) is 43.3 Å². The number of nitrogens with zero attached hydrogens (tertiary/aromatic N) is 4. The molecular formula is C18H23FIN5. The third kappa shape index (κ3) is 5.29. The number of aromatic nitrogens is 1. The number of rotatable bonds is 3. The number of guanidine groups is 1. The quantitative estimate of drug-likeness (QED) is 0.440. The smallest absolute Gasteiger partial charge is 0.191 e. The predicted molar refractivity (Wildman–Crippen MR) is 110 cm³/mol. The van der Waals surface area contributed by atoms with Crippen molar-refractivity contribution >= 4 is 35.6 Å². The zero-order valence-corrected chi connectivity index (χ0v) is 16.6. The molecule has 1 saturated heterocycles. The van der Waals surface area contributed by atoms with Gasteiger partial charge in [0.1, 0.15) is 5.82 Å². The summed E-state index contributed by atoms with van der Waals surface area (Å²) >= 11 is 0. The van der Waals surface area contributed by atoms with Crippen molar-refractivity contribution in [1.29, 1.82) is 0 Å². The maximum atomic E-state index is 13.0. The van der Waals surface area contributed by atoms with E-state index in [-0.39, 0.29) is 29.8 Å². The molecule has 2 N–H and O–H groups in total. The summed E-state index contributed by atoms with van der Waals surface area (Å²) in [7, 11) is 0. The zero-order valence-electron chi connectivity index (χ0n) is 14.2. The van der Waals surface area contributed by atoms with E-state index in [1.54, 1.807) is 0 Å². The number of hydrogen-bond acceptors (Lipinski definition) is 3. The van der Waals surface area contributed by atoms with E-state index in [0.29, 0.717) is 12.5 Å². The Bertz CT molecular complexity index is 712. The molecule has 1 fully saturated rings. The average molecular weight is 455 g/mol. The minimum Gasteiger partial charge on any atom is -0.370 e. The highest BCUT2D eigenvalue weighted by Crippen LogP contribution is 2.16. The molecule has 1 aliphatic heterocycles. The molecule has 0 radical (unpaired) electrons. The molecule has 134 valence electrons. The lowest BCUT2D eigenvalue weighted by Crippen LogP contribution is -2.51. The molecule has 0 aliphatic carbocycles. The van der Waals surface area contributed by atoms with Gasteiger partial charge in [-0.3, -0.25) is 4.98 Å². The molecule has 1 aromatic heterocycles. The van der Waals surface area contributed by atoms with E-state index in [1.807, 2.05) is 37.3 Å². The fraction of sp³-hybridized carbons (Fsp3) is 0.333. The zero-order chi connectivity index (χ0) is 16.9. The Morgan fingerprint density at radius 1 is 1.12 bits per heavy atom. The van der Waals surface area contributed by atoms with Crippen LogP contribution in [0, 0.1) is 12.7 Å². The van der Waals surface area contributed by atoms with Crippen LogP contribution in [0.2, 0.25) is 0 Å². The molecule has 1 aliphatic rings. The standard InChI is InChI=1S/C18H22FN5.HI/c1-14-3-2-4-16(22-14)13-21-18(20)24-11-9-23(10-12-24)17-7-5-15(19)6-8-17;/h2-8H,9-13H2,1H3,(H2,20,21);1H. The van der Waals surface area contributed by atoms with Crippen molar-refractivity contribution in [2.75, 3.05) is 31.1 Å². The summed E-state index contributed by atoms with van der Waals surface area (Å²) in [6.45, 7) is 5.73. The third-order valence-corrected chi connectivity index (χ3v) is 4.14. The SMILES string of the molecule is Cc1cccc(CN=C(N)N2CCN(c3ccc(F)cc3)CC2)n1.I. The van der Waals surface area contributed by atoms with Crippen molar-refractivity contribution in [3.8, 4) is 0 Å². The molecule has 3 rings (SSSR count). The Morgan fingerprint density at radius 3 is 2.44 bits per heavy atom. The molecule has 0 saturated carbocycles. The van der Waals surface area contributed by atoms with Crippen LogP contribution in [0.25, 0.3) is 0 Å². The highest BCUT2D eigenvalue weighted by atomic mass is 127. The summed E-state index contributed by atoms with van der Waals surface area (Å²) in [4.78, 5) is 13.2. The van der Waals surface area contributed by atoms with Crippen molar-refractivity contribution in [3.05, 3.63) is 59.7 Å². The van der Waals surface area contributed by atoms with Gasteiger partial charge >= 0.3 is 0 Å². The average Bonchev–Trinajstić information content (AvgIpc) is 2.61. The maximum Gasteiger partial charge on any atom is 0.191 e. The van der Waals surface area contributed by atoms with Gasteiger partial charge in [0, 0.05) is 37.6 Å². The lowest BCUT2D eigenvalue weighted by atomic mass is 10.2. The molecular weight excluding hydrogens is 432 g/mol. The lowest BCUT2D eigenvalue weighted by molar-refractivity contribution is 0.380. The predicted octanol–water partition coefficient (Wildman–Crippen LogP) is 2.78.